The Morgan fingerprint density at radius 3 is 3.00 bits per heavy atom. The Labute approximate surface area is 86.5 Å². The topological polar surface area (TPSA) is 29.1 Å². The Hall–Kier alpha value is -0.530. The molecule has 2 unspecified atom stereocenters. The molecule has 14 heavy (non-hydrogen) atoms. The van der Waals surface area contributed by atoms with Crippen molar-refractivity contribution in [1.29, 1.82) is 0 Å². The molecule has 2 rings (SSSR count). The third kappa shape index (κ3) is 1.94. The molecule has 1 saturated carbocycles. The fourth-order valence-corrected chi connectivity index (χ4v) is 3.16. The summed E-state index contributed by atoms with van der Waals surface area (Å²) >= 11 is 0. The summed E-state index contributed by atoms with van der Waals surface area (Å²) in [4.78, 5) is 11.1. The summed E-state index contributed by atoms with van der Waals surface area (Å²) in [6.45, 7) is 3.24. The van der Waals surface area contributed by atoms with Crippen molar-refractivity contribution < 1.29 is 4.79 Å². The molecule has 0 aromatic carbocycles. The molecule has 2 fully saturated rings. The molecule has 0 aromatic rings. The lowest BCUT2D eigenvalue weighted by Gasteiger charge is -2.43. The minimum absolute atomic E-state index is 0.259. The predicted octanol–water partition coefficient (Wildman–Crippen LogP) is 2.48. The van der Waals surface area contributed by atoms with Gasteiger partial charge in [-0.1, -0.05) is 26.2 Å². The van der Waals surface area contributed by atoms with E-state index in [4.69, 9.17) is 0 Å². The first-order valence-electron chi connectivity index (χ1n) is 6.01. The van der Waals surface area contributed by atoms with E-state index in [0.717, 1.165) is 25.3 Å². The normalized spacial score (nSPS) is 38.4. The van der Waals surface area contributed by atoms with Crippen molar-refractivity contribution >= 4 is 5.91 Å². The van der Waals surface area contributed by atoms with Crippen LogP contribution in [-0.2, 0) is 4.79 Å². The number of carbonyl (C=O) groups excluding carboxylic acids is 1. The van der Waals surface area contributed by atoms with E-state index in [1.54, 1.807) is 0 Å². The molecule has 0 bridgehead atoms. The fraction of sp³-hybridized carbons (Fsp3) is 0.917. The van der Waals surface area contributed by atoms with Crippen LogP contribution in [-0.4, -0.2) is 12.5 Å². The molecule has 1 heterocycles. The molecule has 1 aliphatic carbocycles. The van der Waals surface area contributed by atoms with Crippen LogP contribution in [0, 0.1) is 11.3 Å². The average molecular weight is 195 g/mol. The van der Waals surface area contributed by atoms with Crippen molar-refractivity contribution in [2.24, 2.45) is 11.3 Å². The molecular formula is C12H21NO. The number of nitrogens with one attached hydrogen (secondary N) is 1. The lowest BCUT2D eigenvalue weighted by atomic mass is 9.65. The van der Waals surface area contributed by atoms with E-state index in [1.807, 2.05) is 0 Å². The minimum atomic E-state index is 0.259. The van der Waals surface area contributed by atoms with Gasteiger partial charge in [0.15, 0.2) is 0 Å². The number of amides is 1. The summed E-state index contributed by atoms with van der Waals surface area (Å²) < 4.78 is 0. The summed E-state index contributed by atoms with van der Waals surface area (Å²) in [5.74, 6) is 1.17. The number of carbonyl (C=O) groups is 1. The van der Waals surface area contributed by atoms with E-state index in [2.05, 4.69) is 12.2 Å². The Bertz CT molecular complexity index is 214. The van der Waals surface area contributed by atoms with E-state index in [0.29, 0.717) is 5.41 Å². The molecule has 0 aromatic heterocycles. The quantitative estimate of drug-likeness (QED) is 0.684. The molecule has 1 aliphatic heterocycles. The smallest absolute Gasteiger partial charge is 0.220 e. The maximum atomic E-state index is 11.1. The van der Waals surface area contributed by atoms with Crippen LogP contribution >= 0.6 is 0 Å². The van der Waals surface area contributed by atoms with Gasteiger partial charge in [-0.25, -0.2) is 0 Å². The zero-order valence-corrected chi connectivity index (χ0v) is 9.14. The van der Waals surface area contributed by atoms with Gasteiger partial charge < -0.3 is 5.32 Å². The summed E-state index contributed by atoms with van der Waals surface area (Å²) in [6, 6.07) is 0. The third-order valence-electron chi connectivity index (χ3n) is 4.16. The van der Waals surface area contributed by atoms with E-state index < -0.39 is 0 Å². The Kier molecular flexibility index (Phi) is 2.80. The third-order valence-corrected chi connectivity index (χ3v) is 4.16. The summed E-state index contributed by atoms with van der Waals surface area (Å²) in [7, 11) is 0. The van der Waals surface area contributed by atoms with Gasteiger partial charge in [0, 0.05) is 13.0 Å². The van der Waals surface area contributed by atoms with Crippen molar-refractivity contribution in [2.75, 3.05) is 6.54 Å². The van der Waals surface area contributed by atoms with Gasteiger partial charge in [0.1, 0.15) is 0 Å². The molecule has 1 amide bonds. The van der Waals surface area contributed by atoms with Gasteiger partial charge >= 0.3 is 0 Å². The highest BCUT2D eigenvalue weighted by atomic mass is 16.1. The molecule has 2 nitrogen and oxygen atoms in total. The highest BCUT2D eigenvalue weighted by Crippen LogP contribution is 2.44. The molecule has 1 N–H and O–H groups in total. The Morgan fingerprint density at radius 1 is 1.50 bits per heavy atom. The van der Waals surface area contributed by atoms with E-state index in [1.165, 1.54) is 32.1 Å². The lowest BCUT2D eigenvalue weighted by molar-refractivity contribution is -0.125. The zero-order valence-electron chi connectivity index (χ0n) is 9.14. The van der Waals surface area contributed by atoms with Crippen LogP contribution in [0.25, 0.3) is 0 Å². The van der Waals surface area contributed by atoms with Crippen LogP contribution in [0.1, 0.15) is 51.9 Å². The van der Waals surface area contributed by atoms with Crippen molar-refractivity contribution in [3.05, 3.63) is 0 Å². The average Bonchev–Trinajstić information content (AvgIpc) is 2.23. The molecule has 2 heteroatoms. The summed E-state index contributed by atoms with van der Waals surface area (Å²) in [6.07, 6.45) is 8.68. The van der Waals surface area contributed by atoms with Gasteiger partial charge in [0.25, 0.3) is 0 Å². The largest absolute Gasteiger partial charge is 0.356 e. The Morgan fingerprint density at radius 2 is 2.36 bits per heavy atom. The van der Waals surface area contributed by atoms with Crippen LogP contribution < -0.4 is 5.32 Å². The first-order chi connectivity index (χ1) is 6.74. The summed E-state index contributed by atoms with van der Waals surface area (Å²) in [5.41, 5.74) is 0.479. The number of rotatable bonds is 1. The highest BCUT2D eigenvalue weighted by molar-refractivity contribution is 5.76. The number of piperidine rings is 1. The molecule has 2 atom stereocenters. The van der Waals surface area contributed by atoms with Gasteiger partial charge in [0.2, 0.25) is 5.91 Å². The molecular weight excluding hydrogens is 174 g/mol. The molecule has 80 valence electrons. The number of hydrogen-bond donors (Lipinski definition) is 1. The SMILES string of the molecule is CCC1CCCC2(CCC(=O)NC2)C1. The maximum absolute atomic E-state index is 11.1. The van der Waals surface area contributed by atoms with Crippen molar-refractivity contribution in [1.82, 2.24) is 5.32 Å². The lowest BCUT2D eigenvalue weighted by Crippen LogP contribution is -2.45. The zero-order chi connectivity index (χ0) is 10.0. The van der Waals surface area contributed by atoms with Crippen molar-refractivity contribution in [3.63, 3.8) is 0 Å². The monoisotopic (exact) mass is 195 g/mol. The van der Waals surface area contributed by atoms with Crippen LogP contribution in [0.4, 0.5) is 0 Å². The van der Waals surface area contributed by atoms with Crippen LogP contribution in [0.2, 0.25) is 0 Å². The minimum Gasteiger partial charge on any atom is -0.356 e. The summed E-state index contributed by atoms with van der Waals surface area (Å²) in [5, 5.41) is 3.05. The van der Waals surface area contributed by atoms with Crippen LogP contribution in [0.15, 0.2) is 0 Å². The second-order valence-corrected chi connectivity index (χ2v) is 5.15. The first kappa shape index (κ1) is 10.0. The molecule has 1 spiro atoms. The van der Waals surface area contributed by atoms with Gasteiger partial charge in [-0.2, -0.15) is 0 Å². The standard InChI is InChI=1S/C12H21NO/c1-2-10-4-3-6-12(8-10)7-5-11(14)13-9-12/h10H,2-9H2,1H3,(H,13,14). The predicted molar refractivity (Wildman–Crippen MR) is 56.9 cm³/mol. The van der Waals surface area contributed by atoms with Crippen LogP contribution in [0.3, 0.4) is 0 Å². The fourth-order valence-electron chi connectivity index (χ4n) is 3.16. The number of hydrogen-bond acceptors (Lipinski definition) is 1. The van der Waals surface area contributed by atoms with Crippen molar-refractivity contribution in [2.45, 2.75) is 51.9 Å². The van der Waals surface area contributed by atoms with E-state index >= 15 is 0 Å². The second kappa shape index (κ2) is 3.92. The molecule has 0 radical (unpaired) electrons. The van der Waals surface area contributed by atoms with E-state index in [-0.39, 0.29) is 5.91 Å². The van der Waals surface area contributed by atoms with Gasteiger partial charge in [0.05, 0.1) is 0 Å². The van der Waals surface area contributed by atoms with E-state index in [9.17, 15) is 4.79 Å². The van der Waals surface area contributed by atoms with Gasteiger partial charge in [-0.05, 0) is 30.6 Å². The molecule has 2 aliphatic rings. The highest BCUT2D eigenvalue weighted by Gasteiger charge is 2.38. The van der Waals surface area contributed by atoms with Crippen LogP contribution in [0.5, 0.6) is 0 Å². The first-order valence-corrected chi connectivity index (χ1v) is 6.01. The second-order valence-electron chi connectivity index (χ2n) is 5.15. The van der Waals surface area contributed by atoms with Gasteiger partial charge in [-0.3, -0.25) is 4.79 Å². The molecule has 1 saturated heterocycles. The maximum Gasteiger partial charge on any atom is 0.220 e. The van der Waals surface area contributed by atoms with Crippen molar-refractivity contribution in [3.8, 4) is 0 Å². The Balaban J connectivity index is 1.97. The van der Waals surface area contributed by atoms with Gasteiger partial charge in [-0.15, -0.1) is 0 Å².